The first kappa shape index (κ1) is 9.11. The average molecular weight is 139 g/mol. The predicted octanol–water partition coefficient (Wildman–Crippen LogP) is 0.906. The molecule has 0 saturated carbocycles. The molecule has 0 bridgehead atoms. The van der Waals surface area contributed by atoms with Crippen molar-refractivity contribution >= 4 is 5.78 Å². The molecule has 10 heavy (non-hydrogen) atoms. The fourth-order valence-electron chi connectivity index (χ4n) is 0.603. The van der Waals surface area contributed by atoms with Gasteiger partial charge in [-0.1, -0.05) is 12.2 Å². The molecule has 0 fully saturated rings. The molecule has 0 rings (SSSR count). The Bertz CT molecular complexity index is 140. The van der Waals surface area contributed by atoms with E-state index in [1.807, 2.05) is 0 Å². The van der Waals surface area contributed by atoms with E-state index in [1.54, 1.807) is 12.2 Å². The molecule has 56 valence electrons. The van der Waals surface area contributed by atoms with Crippen molar-refractivity contribution < 1.29 is 4.79 Å². The predicted molar refractivity (Wildman–Crippen MR) is 42.9 cm³/mol. The first-order valence-electron chi connectivity index (χ1n) is 3.19. The lowest BCUT2D eigenvalue weighted by molar-refractivity contribution is -0.117. The van der Waals surface area contributed by atoms with Gasteiger partial charge in [0.05, 0.1) is 6.04 Å². The van der Waals surface area contributed by atoms with Crippen LogP contribution in [-0.2, 0) is 4.79 Å². The highest BCUT2D eigenvalue weighted by Gasteiger charge is 2.05. The normalized spacial score (nSPS) is 12.1. The van der Waals surface area contributed by atoms with Gasteiger partial charge in [-0.3, -0.25) is 4.79 Å². The number of hydrogen-bond acceptors (Lipinski definition) is 2. The topological polar surface area (TPSA) is 29.1 Å². The van der Waals surface area contributed by atoms with Gasteiger partial charge in [-0.05, 0) is 6.92 Å². The van der Waals surface area contributed by atoms with Gasteiger partial charge in [0.2, 0.25) is 0 Å². The second-order valence-electron chi connectivity index (χ2n) is 2.02. The quantitative estimate of drug-likeness (QED) is 0.573. The van der Waals surface area contributed by atoms with Gasteiger partial charge in [0.1, 0.15) is 0 Å². The summed E-state index contributed by atoms with van der Waals surface area (Å²) in [6.45, 7) is 9.20. The van der Waals surface area contributed by atoms with Crippen LogP contribution in [0.3, 0.4) is 0 Å². The molecule has 0 aromatic carbocycles. The van der Waals surface area contributed by atoms with Crippen LogP contribution < -0.4 is 5.32 Å². The summed E-state index contributed by atoms with van der Waals surface area (Å²) in [5, 5.41) is 2.93. The van der Waals surface area contributed by atoms with Gasteiger partial charge in [0.15, 0.2) is 5.78 Å². The maximum absolute atomic E-state index is 10.7. The molecule has 0 aromatic heterocycles. The fraction of sp³-hybridized carbons (Fsp3) is 0.375. The Morgan fingerprint density at radius 1 is 1.70 bits per heavy atom. The molecule has 1 unspecified atom stereocenters. The standard InChI is InChI=1S/C8H13NO/c1-4-6-9-8(5-2)7(3)10/h4-5,8-9H,1-2,6H2,3H3. The van der Waals surface area contributed by atoms with Gasteiger partial charge in [0, 0.05) is 6.54 Å². The molecule has 0 amide bonds. The van der Waals surface area contributed by atoms with Gasteiger partial charge in [-0.15, -0.1) is 13.2 Å². The average Bonchev–Trinajstić information content (AvgIpc) is 1.89. The van der Waals surface area contributed by atoms with Crippen LogP contribution in [0.5, 0.6) is 0 Å². The van der Waals surface area contributed by atoms with E-state index >= 15 is 0 Å². The first-order chi connectivity index (χ1) is 4.72. The summed E-state index contributed by atoms with van der Waals surface area (Å²) < 4.78 is 0. The molecule has 0 aromatic rings. The van der Waals surface area contributed by atoms with Gasteiger partial charge in [-0.2, -0.15) is 0 Å². The summed E-state index contributed by atoms with van der Waals surface area (Å²) in [5.74, 6) is 0.0804. The van der Waals surface area contributed by atoms with Crippen molar-refractivity contribution in [1.29, 1.82) is 0 Å². The molecular formula is C8H13NO. The maximum Gasteiger partial charge on any atom is 0.150 e. The lowest BCUT2D eigenvalue weighted by Gasteiger charge is -2.07. The Morgan fingerprint density at radius 2 is 2.30 bits per heavy atom. The zero-order valence-electron chi connectivity index (χ0n) is 6.26. The Hall–Kier alpha value is -0.890. The van der Waals surface area contributed by atoms with Crippen molar-refractivity contribution in [2.75, 3.05) is 6.54 Å². The molecule has 0 aliphatic carbocycles. The number of ketones is 1. The third-order valence-electron chi connectivity index (χ3n) is 1.16. The summed E-state index contributed by atoms with van der Waals surface area (Å²) in [6, 6.07) is -0.224. The molecule has 2 nitrogen and oxygen atoms in total. The number of carbonyl (C=O) groups excluding carboxylic acids is 1. The van der Waals surface area contributed by atoms with Crippen LogP contribution >= 0.6 is 0 Å². The summed E-state index contributed by atoms with van der Waals surface area (Å²) in [6.07, 6.45) is 3.30. The molecular weight excluding hydrogens is 126 g/mol. The van der Waals surface area contributed by atoms with Crippen molar-refractivity contribution in [2.24, 2.45) is 0 Å². The van der Waals surface area contributed by atoms with E-state index < -0.39 is 0 Å². The largest absolute Gasteiger partial charge is 0.301 e. The van der Waals surface area contributed by atoms with E-state index in [0.29, 0.717) is 6.54 Å². The van der Waals surface area contributed by atoms with Crippen molar-refractivity contribution in [3.63, 3.8) is 0 Å². The highest BCUT2D eigenvalue weighted by atomic mass is 16.1. The first-order valence-corrected chi connectivity index (χ1v) is 3.19. The Kier molecular flexibility index (Phi) is 4.50. The van der Waals surface area contributed by atoms with Gasteiger partial charge >= 0.3 is 0 Å². The third-order valence-corrected chi connectivity index (χ3v) is 1.16. The smallest absolute Gasteiger partial charge is 0.150 e. The Labute approximate surface area is 61.6 Å². The minimum absolute atomic E-state index is 0.0804. The molecule has 1 N–H and O–H groups in total. The number of rotatable bonds is 5. The van der Waals surface area contributed by atoms with E-state index in [1.165, 1.54) is 6.92 Å². The minimum Gasteiger partial charge on any atom is -0.301 e. The molecule has 0 aliphatic rings. The number of nitrogens with one attached hydrogen (secondary N) is 1. The van der Waals surface area contributed by atoms with Crippen LogP contribution in [0.25, 0.3) is 0 Å². The zero-order chi connectivity index (χ0) is 7.98. The second-order valence-corrected chi connectivity index (χ2v) is 2.02. The lowest BCUT2D eigenvalue weighted by Crippen LogP contribution is -2.33. The monoisotopic (exact) mass is 139 g/mol. The maximum atomic E-state index is 10.7. The van der Waals surface area contributed by atoms with Crippen LogP contribution in [0.15, 0.2) is 25.3 Å². The molecule has 0 spiro atoms. The molecule has 0 aliphatic heterocycles. The van der Waals surface area contributed by atoms with E-state index in [2.05, 4.69) is 18.5 Å². The highest BCUT2D eigenvalue weighted by molar-refractivity contribution is 5.83. The van der Waals surface area contributed by atoms with Crippen LogP contribution in [0, 0.1) is 0 Å². The molecule has 0 radical (unpaired) electrons. The Balaban J connectivity index is 3.71. The SMILES string of the molecule is C=CCNC(C=C)C(C)=O. The van der Waals surface area contributed by atoms with Crippen molar-refractivity contribution in [1.82, 2.24) is 5.32 Å². The number of carbonyl (C=O) groups is 1. The molecule has 1 atom stereocenters. The van der Waals surface area contributed by atoms with Crippen LogP contribution in [0.2, 0.25) is 0 Å². The fourth-order valence-corrected chi connectivity index (χ4v) is 0.603. The van der Waals surface area contributed by atoms with E-state index in [0.717, 1.165) is 0 Å². The second kappa shape index (κ2) is 4.94. The number of hydrogen-bond donors (Lipinski definition) is 1. The summed E-state index contributed by atoms with van der Waals surface area (Å²) >= 11 is 0. The zero-order valence-corrected chi connectivity index (χ0v) is 6.26. The number of Topliss-reactive ketones (excluding diaryl/α,β-unsaturated/α-hetero) is 1. The van der Waals surface area contributed by atoms with E-state index in [-0.39, 0.29) is 11.8 Å². The lowest BCUT2D eigenvalue weighted by atomic mass is 10.2. The van der Waals surface area contributed by atoms with Crippen molar-refractivity contribution in [3.05, 3.63) is 25.3 Å². The van der Waals surface area contributed by atoms with Gasteiger partial charge in [-0.25, -0.2) is 0 Å². The van der Waals surface area contributed by atoms with Gasteiger partial charge < -0.3 is 5.32 Å². The van der Waals surface area contributed by atoms with Crippen LogP contribution in [0.4, 0.5) is 0 Å². The minimum atomic E-state index is -0.224. The van der Waals surface area contributed by atoms with Crippen molar-refractivity contribution in [3.8, 4) is 0 Å². The van der Waals surface area contributed by atoms with E-state index in [4.69, 9.17) is 0 Å². The van der Waals surface area contributed by atoms with Crippen molar-refractivity contribution in [2.45, 2.75) is 13.0 Å². The Morgan fingerprint density at radius 3 is 2.60 bits per heavy atom. The highest BCUT2D eigenvalue weighted by Crippen LogP contribution is 1.85. The summed E-state index contributed by atoms with van der Waals surface area (Å²) in [5.41, 5.74) is 0. The molecule has 2 heteroatoms. The summed E-state index contributed by atoms with van der Waals surface area (Å²) in [7, 11) is 0. The van der Waals surface area contributed by atoms with Crippen LogP contribution in [-0.4, -0.2) is 18.4 Å². The summed E-state index contributed by atoms with van der Waals surface area (Å²) in [4.78, 5) is 10.7. The van der Waals surface area contributed by atoms with Crippen LogP contribution in [0.1, 0.15) is 6.92 Å². The third kappa shape index (κ3) is 3.20. The molecule has 0 heterocycles. The van der Waals surface area contributed by atoms with Gasteiger partial charge in [0.25, 0.3) is 0 Å². The molecule has 0 saturated heterocycles. The van der Waals surface area contributed by atoms with E-state index in [9.17, 15) is 4.79 Å².